The number of hydrogen-bond acceptors (Lipinski definition) is 0. The first-order chi connectivity index (χ1) is 2.00. The molecule has 0 heterocycles. The van der Waals surface area contributed by atoms with Crippen LogP contribution in [0, 0.1) is 0 Å². The van der Waals surface area contributed by atoms with Crippen molar-refractivity contribution in [2.75, 3.05) is 0 Å². The van der Waals surface area contributed by atoms with E-state index in [1.165, 1.54) is 0 Å². The summed E-state index contributed by atoms with van der Waals surface area (Å²) in [6.07, 6.45) is 0. The molecule has 0 aliphatic carbocycles. The van der Waals surface area contributed by atoms with Crippen LogP contribution in [0.4, 0.5) is 0 Å². The zero-order valence-electron chi connectivity index (χ0n) is 4.50. The zero-order chi connectivity index (χ0) is 4.50. The van der Waals surface area contributed by atoms with Gasteiger partial charge in [-0.25, -0.2) is 0 Å². The average Bonchev–Trinajstić information content (AvgIpc) is 0.722. The number of hydrogen-bond donors (Lipinski definition) is 0. The number of rotatable bonds is 0. The normalized spacial score (nSPS) is 12.0. The molecular formula is C4H12Hf. The molecule has 0 aromatic rings. The van der Waals surface area contributed by atoms with Crippen LogP contribution in [0.2, 0.25) is 18.7 Å². The molecule has 1 heteroatoms. The monoisotopic (exact) mass is 240 g/mol. The molecule has 0 bridgehead atoms. The maximum absolute atomic E-state index is 2.41. The van der Waals surface area contributed by atoms with Crippen molar-refractivity contribution in [3.8, 4) is 0 Å². The molecule has 5 heavy (non-hydrogen) atoms. The molecule has 0 nitrogen and oxygen atoms in total. The van der Waals surface area contributed by atoms with E-state index in [0.717, 1.165) is 0 Å². The second-order valence-electron chi connectivity index (χ2n) is 3.00. The quantitative estimate of drug-likeness (QED) is 0.569. The molecule has 0 unspecified atom stereocenters. The van der Waals surface area contributed by atoms with Gasteiger partial charge in [0.25, 0.3) is 0 Å². The molecule has 0 aromatic carbocycles. The van der Waals surface area contributed by atoms with Gasteiger partial charge >= 0.3 is 38.7 Å². The molecule has 0 atom stereocenters. The molecule has 0 rings (SSSR count). The summed E-state index contributed by atoms with van der Waals surface area (Å²) < 4.78 is 9.64. The van der Waals surface area contributed by atoms with Gasteiger partial charge < -0.3 is 0 Å². The molecule has 0 aromatic heterocycles. The maximum atomic E-state index is 2.41. The zero-order valence-corrected chi connectivity index (χ0v) is 8.09. The van der Waals surface area contributed by atoms with Crippen LogP contribution in [0.15, 0.2) is 0 Å². The minimum atomic E-state index is -1.28. The van der Waals surface area contributed by atoms with E-state index in [1.54, 1.807) is 0 Å². The fourth-order valence-electron chi connectivity index (χ4n) is 0. The molecule has 0 saturated carbocycles. The third-order valence-corrected chi connectivity index (χ3v) is 0. The summed E-state index contributed by atoms with van der Waals surface area (Å²) in [6, 6.07) is 0. The Hall–Kier alpha value is 0.870. The Bertz CT molecular complexity index is 19.1. The average molecular weight is 239 g/mol. The Kier molecular flexibility index (Phi) is 1.81. The predicted molar refractivity (Wildman–Crippen MR) is 23.5 cm³/mol. The van der Waals surface area contributed by atoms with Gasteiger partial charge in [-0.3, -0.25) is 0 Å². The van der Waals surface area contributed by atoms with E-state index < -0.39 is 20.0 Å². The van der Waals surface area contributed by atoms with Crippen LogP contribution in [-0.4, -0.2) is 0 Å². The van der Waals surface area contributed by atoms with Crippen LogP contribution in [0.25, 0.3) is 0 Å². The van der Waals surface area contributed by atoms with E-state index in [4.69, 9.17) is 0 Å². The van der Waals surface area contributed by atoms with Crippen LogP contribution in [0.3, 0.4) is 0 Å². The van der Waals surface area contributed by atoms with Crippen molar-refractivity contribution in [2.45, 2.75) is 18.7 Å². The van der Waals surface area contributed by atoms with Crippen molar-refractivity contribution in [3.63, 3.8) is 0 Å². The van der Waals surface area contributed by atoms with Gasteiger partial charge in [-0.15, -0.1) is 0 Å². The van der Waals surface area contributed by atoms with Crippen LogP contribution < -0.4 is 0 Å². The van der Waals surface area contributed by atoms with E-state index >= 15 is 0 Å². The molecule has 0 amide bonds. The van der Waals surface area contributed by atoms with Gasteiger partial charge in [0.2, 0.25) is 0 Å². The Balaban J connectivity index is 3.02. The molecule has 0 saturated heterocycles. The van der Waals surface area contributed by atoms with Crippen LogP contribution >= 0.6 is 0 Å². The van der Waals surface area contributed by atoms with Gasteiger partial charge in [0, 0.05) is 0 Å². The summed E-state index contributed by atoms with van der Waals surface area (Å²) in [5.74, 6) is 0. The molecule has 0 radical (unpaired) electrons. The van der Waals surface area contributed by atoms with Gasteiger partial charge in [0.1, 0.15) is 0 Å². The van der Waals surface area contributed by atoms with Crippen molar-refractivity contribution in [3.05, 3.63) is 0 Å². The third kappa shape index (κ3) is 53.0. The summed E-state index contributed by atoms with van der Waals surface area (Å²) in [5.41, 5.74) is 0. The summed E-state index contributed by atoms with van der Waals surface area (Å²) in [4.78, 5) is 0. The molecule has 0 N–H and O–H groups in total. The topological polar surface area (TPSA) is 0 Å². The molecule has 32 valence electrons. The fraction of sp³-hybridized carbons (Fsp3) is 1.00. The van der Waals surface area contributed by atoms with E-state index in [1.807, 2.05) is 0 Å². The van der Waals surface area contributed by atoms with E-state index in [9.17, 15) is 0 Å². The first-order valence-electron chi connectivity index (χ1n) is 2.00. The fourth-order valence-corrected chi connectivity index (χ4v) is 0. The Morgan fingerprint density at radius 3 is 0.800 bits per heavy atom. The first-order valence-corrected chi connectivity index (χ1v) is 16.4. The van der Waals surface area contributed by atoms with Gasteiger partial charge in [-0.1, -0.05) is 0 Å². The standard InChI is InChI=1S/4CH3.Hf/h4*1H3;. The van der Waals surface area contributed by atoms with Crippen LogP contribution in [-0.2, 0) is 20.0 Å². The van der Waals surface area contributed by atoms with Crippen molar-refractivity contribution in [1.29, 1.82) is 0 Å². The second-order valence-corrected chi connectivity index (χ2v) is 24.6. The van der Waals surface area contributed by atoms with E-state index in [0.29, 0.717) is 0 Å². The van der Waals surface area contributed by atoms with Crippen molar-refractivity contribution in [1.82, 2.24) is 0 Å². The van der Waals surface area contributed by atoms with Crippen molar-refractivity contribution < 1.29 is 20.0 Å². The van der Waals surface area contributed by atoms with Crippen LogP contribution in [0.5, 0.6) is 0 Å². The minimum absolute atomic E-state index is 1.28. The molecule has 0 fully saturated rings. The van der Waals surface area contributed by atoms with Crippen molar-refractivity contribution in [2.24, 2.45) is 0 Å². The first kappa shape index (κ1) is 5.87. The summed E-state index contributed by atoms with van der Waals surface area (Å²) in [6.45, 7) is 0. The Labute approximate surface area is 38.9 Å². The molecule has 0 aliphatic rings. The SMILES string of the molecule is [CH3][Hf]([CH3])([CH3])[CH3]. The van der Waals surface area contributed by atoms with E-state index in [2.05, 4.69) is 18.7 Å². The third-order valence-electron chi connectivity index (χ3n) is 0. The van der Waals surface area contributed by atoms with Gasteiger partial charge in [0.15, 0.2) is 0 Å². The molecular weight excluding hydrogens is 227 g/mol. The molecule has 0 aliphatic heterocycles. The Morgan fingerprint density at radius 1 is 0.800 bits per heavy atom. The van der Waals surface area contributed by atoms with Gasteiger partial charge in [-0.2, -0.15) is 0 Å². The summed E-state index contributed by atoms with van der Waals surface area (Å²) in [5, 5.41) is 0. The van der Waals surface area contributed by atoms with E-state index in [-0.39, 0.29) is 0 Å². The predicted octanol–water partition coefficient (Wildman–Crippen LogP) is 2.33. The van der Waals surface area contributed by atoms with Gasteiger partial charge in [-0.05, 0) is 0 Å². The van der Waals surface area contributed by atoms with Crippen LogP contribution in [0.1, 0.15) is 0 Å². The Morgan fingerprint density at radius 2 is 0.800 bits per heavy atom. The molecule has 0 spiro atoms. The van der Waals surface area contributed by atoms with Crippen molar-refractivity contribution >= 4 is 0 Å². The van der Waals surface area contributed by atoms with Gasteiger partial charge in [0.05, 0.1) is 0 Å². The summed E-state index contributed by atoms with van der Waals surface area (Å²) >= 11 is -1.28. The second kappa shape index (κ2) is 1.55. The summed E-state index contributed by atoms with van der Waals surface area (Å²) in [7, 11) is 0.